The molecule has 0 aliphatic rings. The van der Waals surface area contributed by atoms with E-state index in [9.17, 15) is 4.79 Å². The van der Waals surface area contributed by atoms with Crippen LogP contribution < -0.4 is 10.4 Å². The fourth-order valence-electron chi connectivity index (χ4n) is 4.15. The molecule has 0 saturated heterocycles. The zero-order chi connectivity index (χ0) is 23.1. The molecule has 0 saturated carbocycles. The Balaban J connectivity index is 1.63. The summed E-state index contributed by atoms with van der Waals surface area (Å²) >= 11 is 0. The first-order valence-corrected chi connectivity index (χ1v) is 11.1. The summed E-state index contributed by atoms with van der Waals surface area (Å²) < 4.78 is 13.1. The zero-order valence-electron chi connectivity index (χ0n) is 18.4. The number of rotatable bonds is 5. The Morgan fingerprint density at radius 1 is 0.824 bits per heavy atom. The fraction of sp³-hybridized carbons (Fsp3) is 0.111. The van der Waals surface area contributed by atoms with Crippen molar-refractivity contribution >= 4 is 33.2 Å². The summed E-state index contributed by atoms with van der Waals surface area (Å²) in [5.74, 6) is 0.982. The van der Waals surface area contributed by atoms with Gasteiger partial charge in [0, 0.05) is 5.56 Å². The molecule has 0 bridgehead atoms. The number of aromatic nitrogens is 4. The summed E-state index contributed by atoms with van der Waals surface area (Å²) in [7, 11) is 0. The molecule has 6 rings (SSSR count). The Bertz CT molecular complexity index is 1700. The molecule has 7 heteroatoms. The van der Waals surface area contributed by atoms with Gasteiger partial charge in [-0.15, -0.1) is 0 Å². The van der Waals surface area contributed by atoms with E-state index < -0.39 is 5.63 Å². The molecule has 0 aliphatic heterocycles. The minimum atomic E-state index is -0.490. The fourth-order valence-corrected chi connectivity index (χ4v) is 4.15. The van der Waals surface area contributed by atoms with Crippen LogP contribution in [0.5, 0.6) is 5.75 Å². The third-order valence-electron chi connectivity index (χ3n) is 5.72. The average molecular weight is 448 g/mol. The van der Waals surface area contributed by atoms with Crippen LogP contribution in [-0.4, -0.2) is 26.1 Å². The molecule has 0 radical (unpaired) electrons. The number of hydrogen-bond acceptors (Lipinski definition) is 6. The molecule has 6 aromatic rings. The van der Waals surface area contributed by atoms with Crippen LogP contribution in [0.2, 0.25) is 0 Å². The van der Waals surface area contributed by atoms with Gasteiger partial charge in [0.25, 0.3) is 0 Å². The monoisotopic (exact) mass is 448 g/mol. The first kappa shape index (κ1) is 20.1. The molecule has 34 heavy (non-hydrogen) atoms. The van der Waals surface area contributed by atoms with Crippen LogP contribution in [0.4, 0.5) is 0 Å². The molecule has 0 spiro atoms. The normalized spacial score (nSPS) is 11.4. The first-order chi connectivity index (χ1) is 16.7. The van der Waals surface area contributed by atoms with Crippen molar-refractivity contribution in [2.24, 2.45) is 0 Å². The van der Waals surface area contributed by atoms with Gasteiger partial charge in [-0.05, 0) is 48.9 Å². The minimum absolute atomic E-state index is 0.238. The van der Waals surface area contributed by atoms with Crippen LogP contribution in [0.15, 0.2) is 88.1 Å². The topological polar surface area (TPSA) is 83.0 Å². The van der Waals surface area contributed by atoms with E-state index in [1.807, 2.05) is 90.4 Å². The predicted octanol–water partition coefficient (Wildman–Crippen LogP) is 5.20. The maximum Gasteiger partial charge on any atom is 0.351 e. The number of nitrogens with zero attached hydrogens (tertiary/aromatic N) is 4. The maximum absolute atomic E-state index is 13.2. The van der Waals surface area contributed by atoms with Crippen molar-refractivity contribution in [2.45, 2.75) is 13.5 Å². The van der Waals surface area contributed by atoms with Crippen LogP contribution in [0.25, 0.3) is 44.7 Å². The number of hydrogen-bond donors (Lipinski definition) is 0. The SMILES string of the molecule is CCOc1ccc(-c2nc3c(c(=O)o2)c2nc4ccccc4nc2n3Cc2ccccc2)cc1. The molecule has 0 atom stereocenters. The summed E-state index contributed by atoms with van der Waals surface area (Å²) in [6.07, 6.45) is 0. The second kappa shape index (κ2) is 8.12. The maximum atomic E-state index is 13.2. The van der Waals surface area contributed by atoms with E-state index in [1.165, 1.54) is 0 Å². The molecule has 0 unspecified atom stereocenters. The summed E-state index contributed by atoms with van der Waals surface area (Å²) in [6, 6.07) is 24.9. The summed E-state index contributed by atoms with van der Waals surface area (Å²) in [6.45, 7) is 3.00. The van der Waals surface area contributed by atoms with E-state index in [1.54, 1.807) is 0 Å². The Hall–Kier alpha value is -4.52. The molecular formula is C27H20N4O3. The van der Waals surface area contributed by atoms with Crippen molar-refractivity contribution in [1.82, 2.24) is 19.5 Å². The van der Waals surface area contributed by atoms with Gasteiger partial charge in [0.15, 0.2) is 11.3 Å². The van der Waals surface area contributed by atoms with Gasteiger partial charge >= 0.3 is 5.63 Å². The Kier molecular flexibility index (Phi) is 4.80. The lowest BCUT2D eigenvalue weighted by Crippen LogP contribution is -2.06. The second-order valence-electron chi connectivity index (χ2n) is 7.92. The summed E-state index contributed by atoms with van der Waals surface area (Å²) in [4.78, 5) is 27.6. The Morgan fingerprint density at radius 2 is 1.53 bits per heavy atom. The van der Waals surface area contributed by atoms with Crippen molar-refractivity contribution in [3.63, 3.8) is 0 Å². The van der Waals surface area contributed by atoms with E-state index in [2.05, 4.69) is 0 Å². The number of ether oxygens (including phenoxy) is 1. The molecule has 3 aromatic carbocycles. The van der Waals surface area contributed by atoms with Gasteiger partial charge in [0.1, 0.15) is 16.7 Å². The third-order valence-corrected chi connectivity index (χ3v) is 5.72. The Morgan fingerprint density at radius 3 is 2.26 bits per heavy atom. The molecule has 0 aliphatic carbocycles. The number of para-hydroxylation sites is 2. The number of benzene rings is 3. The van der Waals surface area contributed by atoms with Crippen molar-refractivity contribution in [3.05, 3.63) is 94.8 Å². The van der Waals surface area contributed by atoms with Crippen LogP contribution in [0.1, 0.15) is 12.5 Å². The van der Waals surface area contributed by atoms with Gasteiger partial charge in [-0.3, -0.25) is 0 Å². The lowest BCUT2D eigenvalue weighted by molar-refractivity contribution is 0.340. The van der Waals surface area contributed by atoms with E-state index >= 15 is 0 Å². The van der Waals surface area contributed by atoms with Crippen molar-refractivity contribution < 1.29 is 9.15 Å². The van der Waals surface area contributed by atoms with E-state index in [4.69, 9.17) is 24.1 Å². The highest BCUT2D eigenvalue weighted by Gasteiger charge is 2.21. The van der Waals surface area contributed by atoms with Gasteiger partial charge < -0.3 is 13.7 Å². The zero-order valence-corrected chi connectivity index (χ0v) is 18.4. The van der Waals surface area contributed by atoms with Crippen molar-refractivity contribution in [3.8, 4) is 17.2 Å². The molecule has 0 fully saturated rings. The lowest BCUT2D eigenvalue weighted by Gasteiger charge is -2.07. The van der Waals surface area contributed by atoms with Crippen LogP contribution in [0, 0.1) is 0 Å². The molecule has 3 aromatic heterocycles. The van der Waals surface area contributed by atoms with Crippen molar-refractivity contribution in [1.29, 1.82) is 0 Å². The largest absolute Gasteiger partial charge is 0.494 e. The van der Waals surface area contributed by atoms with Crippen LogP contribution in [0.3, 0.4) is 0 Å². The minimum Gasteiger partial charge on any atom is -0.494 e. The van der Waals surface area contributed by atoms with Gasteiger partial charge in [0.05, 0.1) is 24.2 Å². The molecule has 3 heterocycles. The average Bonchev–Trinajstić information content (AvgIpc) is 3.16. The van der Waals surface area contributed by atoms with E-state index in [-0.39, 0.29) is 5.89 Å². The molecule has 166 valence electrons. The molecule has 0 N–H and O–H groups in total. The van der Waals surface area contributed by atoms with Crippen LogP contribution in [-0.2, 0) is 6.54 Å². The second-order valence-corrected chi connectivity index (χ2v) is 7.92. The smallest absolute Gasteiger partial charge is 0.351 e. The standard InChI is InChI=1S/C27H20N4O3/c1-2-33-19-14-12-18(13-15-19)26-30-24-22(27(32)34-26)23-25(29-21-11-7-6-10-20(21)28-23)31(24)16-17-8-4-3-5-9-17/h3-15H,2,16H2,1H3. The Labute approximate surface area is 194 Å². The summed E-state index contributed by atoms with van der Waals surface area (Å²) in [5, 5.41) is 0.332. The van der Waals surface area contributed by atoms with Gasteiger partial charge in [-0.25, -0.2) is 14.8 Å². The van der Waals surface area contributed by atoms with Gasteiger partial charge in [-0.2, -0.15) is 4.98 Å². The van der Waals surface area contributed by atoms with Gasteiger partial charge in [-0.1, -0.05) is 42.5 Å². The highest BCUT2D eigenvalue weighted by molar-refractivity contribution is 6.04. The molecule has 0 amide bonds. The van der Waals surface area contributed by atoms with Crippen LogP contribution >= 0.6 is 0 Å². The molecular weight excluding hydrogens is 428 g/mol. The lowest BCUT2D eigenvalue weighted by atomic mass is 10.2. The highest BCUT2D eigenvalue weighted by Crippen LogP contribution is 2.28. The highest BCUT2D eigenvalue weighted by atomic mass is 16.5. The predicted molar refractivity (Wildman–Crippen MR) is 131 cm³/mol. The van der Waals surface area contributed by atoms with Gasteiger partial charge in [0.2, 0.25) is 5.89 Å². The number of fused-ring (bicyclic) bond motifs is 4. The molecule has 7 nitrogen and oxygen atoms in total. The first-order valence-electron chi connectivity index (χ1n) is 11.1. The quantitative estimate of drug-likeness (QED) is 0.360. The van der Waals surface area contributed by atoms with E-state index in [0.29, 0.717) is 46.4 Å². The third kappa shape index (κ3) is 3.38. The van der Waals surface area contributed by atoms with Crippen molar-refractivity contribution in [2.75, 3.05) is 6.61 Å². The van der Waals surface area contributed by atoms with E-state index in [0.717, 1.165) is 16.8 Å². The summed E-state index contributed by atoms with van der Waals surface area (Å²) in [5.41, 5.74) is 4.31.